The number of carbonyl (C=O) groups is 1. The van der Waals surface area contributed by atoms with Crippen LogP contribution >= 0.6 is 0 Å². The summed E-state index contributed by atoms with van der Waals surface area (Å²) in [6.45, 7) is 2.64. The van der Waals surface area contributed by atoms with Crippen LogP contribution in [0.5, 0.6) is 5.75 Å². The zero-order valence-electron chi connectivity index (χ0n) is 10.7. The molecular formula is C14H16N2O3. The number of nitrogens with two attached hydrogens (primary N) is 1. The summed E-state index contributed by atoms with van der Waals surface area (Å²) in [6, 6.07) is 8.81. The van der Waals surface area contributed by atoms with Crippen LogP contribution in [0.4, 0.5) is 5.69 Å². The molecule has 1 amide bonds. The summed E-state index contributed by atoms with van der Waals surface area (Å²) < 4.78 is 10.5. The molecule has 0 fully saturated rings. The largest absolute Gasteiger partial charge is 0.492 e. The topological polar surface area (TPSA) is 77.5 Å². The van der Waals surface area contributed by atoms with Crippen molar-refractivity contribution in [2.24, 2.45) is 5.73 Å². The summed E-state index contributed by atoms with van der Waals surface area (Å²) in [5.74, 6) is 1.06. The second-order valence-electron chi connectivity index (χ2n) is 4.01. The fourth-order valence-electron chi connectivity index (χ4n) is 1.66. The summed E-state index contributed by atoms with van der Waals surface area (Å²) in [5.41, 5.74) is 6.56. The van der Waals surface area contributed by atoms with E-state index >= 15 is 0 Å². The van der Waals surface area contributed by atoms with E-state index in [4.69, 9.17) is 14.9 Å². The van der Waals surface area contributed by atoms with E-state index in [1.807, 2.05) is 12.1 Å². The van der Waals surface area contributed by atoms with Crippen LogP contribution in [0.15, 0.2) is 41.0 Å². The molecule has 1 heterocycles. The number of anilines is 1. The number of aryl methyl sites for hydroxylation is 1. The van der Waals surface area contributed by atoms with Crippen molar-refractivity contribution in [3.63, 3.8) is 0 Å². The third-order valence-corrected chi connectivity index (χ3v) is 2.58. The van der Waals surface area contributed by atoms with Gasteiger partial charge in [0.15, 0.2) is 0 Å². The summed E-state index contributed by atoms with van der Waals surface area (Å²) in [7, 11) is 0. The van der Waals surface area contributed by atoms with Crippen LogP contribution < -0.4 is 15.8 Å². The Morgan fingerprint density at radius 1 is 1.42 bits per heavy atom. The smallest absolute Gasteiger partial charge is 0.259 e. The maximum atomic E-state index is 12.0. The monoisotopic (exact) mass is 260 g/mol. The number of benzene rings is 1. The first-order valence-electron chi connectivity index (χ1n) is 5.99. The molecule has 100 valence electrons. The predicted molar refractivity (Wildman–Crippen MR) is 72.4 cm³/mol. The normalized spacial score (nSPS) is 10.2. The van der Waals surface area contributed by atoms with Gasteiger partial charge in [-0.05, 0) is 25.1 Å². The molecule has 0 saturated heterocycles. The van der Waals surface area contributed by atoms with Crippen molar-refractivity contribution in [1.82, 2.24) is 0 Å². The molecule has 5 nitrogen and oxygen atoms in total. The molecule has 0 unspecified atom stereocenters. The van der Waals surface area contributed by atoms with Gasteiger partial charge in [-0.2, -0.15) is 0 Å². The molecule has 0 radical (unpaired) electrons. The highest BCUT2D eigenvalue weighted by Gasteiger charge is 2.11. The Kier molecular flexibility index (Phi) is 4.20. The van der Waals surface area contributed by atoms with Crippen LogP contribution in [0.3, 0.4) is 0 Å². The summed E-state index contributed by atoms with van der Waals surface area (Å²) in [6.07, 6.45) is 1.49. The minimum absolute atomic E-state index is 0.206. The van der Waals surface area contributed by atoms with Gasteiger partial charge in [-0.25, -0.2) is 0 Å². The summed E-state index contributed by atoms with van der Waals surface area (Å²) >= 11 is 0. The molecule has 0 aliphatic carbocycles. The first-order valence-corrected chi connectivity index (χ1v) is 5.99. The van der Waals surface area contributed by atoms with Crippen molar-refractivity contribution in [2.75, 3.05) is 18.5 Å². The Balaban J connectivity index is 2.07. The van der Waals surface area contributed by atoms with Crippen LogP contribution in [0.2, 0.25) is 0 Å². The number of rotatable bonds is 5. The standard InChI is InChI=1S/C14H16N2O3/c1-10-13(5-7-18-10)14(17)16-11-3-2-4-12(9-11)19-8-6-15/h2-5,7,9H,6,8,15H2,1H3,(H,16,17). The molecule has 2 aromatic rings. The predicted octanol–water partition coefficient (Wildman–Crippen LogP) is 2.18. The number of hydrogen-bond donors (Lipinski definition) is 2. The van der Waals surface area contributed by atoms with Crippen LogP contribution in [-0.2, 0) is 0 Å². The van der Waals surface area contributed by atoms with Gasteiger partial charge >= 0.3 is 0 Å². The van der Waals surface area contributed by atoms with E-state index in [2.05, 4.69) is 5.32 Å². The Hall–Kier alpha value is -2.27. The van der Waals surface area contributed by atoms with Gasteiger partial charge in [-0.3, -0.25) is 4.79 Å². The molecule has 0 aliphatic rings. The lowest BCUT2D eigenvalue weighted by molar-refractivity contribution is 0.102. The van der Waals surface area contributed by atoms with Crippen molar-refractivity contribution >= 4 is 11.6 Å². The Bertz CT molecular complexity index is 563. The molecule has 3 N–H and O–H groups in total. The lowest BCUT2D eigenvalue weighted by atomic mass is 10.2. The highest BCUT2D eigenvalue weighted by molar-refractivity contribution is 6.04. The zero-order chi connectivity index (χ0) is 13.7. The molecule has 0 spiro atoms. The van der Waals surface area contributed by atoms with Gasteiger partial charge in [0.1, 0.15) is 18.1 Å². The van der Waals surface area contributed by atoms with Gasteiger partial charge in [-0.1, -0.05) is 6.07 Å². The van der Waals surface area contributed by atoms with Crippen LogP contribution in [-0.4, -0.2) is 19.1 Å². The SMILES string of the molecule is Cc1occc1C(=O)Nc1cccc(OCCN)c1. The zero-order valence-corrected chi connectivity index (χ0v) is 10.7. The van der Waals surface area contributed by atoms with E-state index in [1.165, 1.54) is 6.26 Å². The van der Waals surface area contributed by atoms with E-state index < -0.39 is 0 Å². The first-order chi connectivity index (χ1) is 9.20. The van der Waals surface area contributed by atoms with E-state index in [1.54, 1.807) is 25.1 Å². The maximum absolute atomic E-state index is 12.0. The molecule has 5 heteroatoms. The Labute approximate surface area is 111 Å². The van der Waals surface area contributed by atoms with Crippen LogP contribution in [0.25, 0.3) is 0 Å². The van der Waals surface area contributed by atoms with Gasteiger partial charge in [0.25, 0.3) is 5.91 Å². The molecule has 0 bridgehead atoms. The van der Waals surface area contributed by atoms with Gasteiger partial charge in [0, 0.05) is 18.3 Å². The number of hydrogen-bond acceptors (Lipinski definition) is 4. The average Bonchev–Trinajstić information content (AvgIpc) is 2.83. The van der Waals surface area contributed by atoms with Crippen molar-refractivity contribution in [3.8, 4) is 5.75 Å². The second-order valence-corrected chi connectivity index (χ2v) is 4.01. The lowest BCUT2D eigenvalue weighted by Crippen LogP contribution is -2.13. The van der Waals surface area contributed by atoms with E-state index in [-0.39, 0.29) is 5.91 Å². The van der Waals surface area contributed by atoms with Crippen LogP contribution in [0, 0.1) is 6.92 Å². The Morgan fingerprint density at radius 3 is 2.95 bits per heavy atom. The highest BCUT2D eigenvalue weighted by atomic mass is 16.5. The molecule has 0 aliphatic heterocycles. The van der Waals surface area contributed by atoms with E-state index in [0.717, 1.165) is 0 Å². The molecule has 1 aromatic carbocycles. The van der Waals surface area contributed by atoms with E-state index in [9.17, 15) is 4.79 Å². The minimum atomic E-state index is -0.206. The number of nitrogens with one attached hydrogen (secondary N) is 1. The van der Waals surface area contributed by atoms with Crippen molar-refractivity contribution in [2.45, 2.75) is 6.92 Å². The highest BCUT2D eigenvalue weighted by Crippen LogP contribution is 2.19. The lowest BCUT2D eigenvalue weighted by Gasteiger charge is -2.08. The summed E-state index contributed by atoms with van der Waals surface area (Å²) in [5, 5.41) is 2.79. The molecule has 1 aromatic heterocycles. The molecule has 0 saturated carbocycles. The summed E-state index contributed by atoms with van der Waals surface area (Å²) in [4.78, 5) is 12.0. The second kappa shape index (κ2) is 6.06. The number of amides is 1. The number of furan rings is 1. The quantitative estimate of drug-likeness (QED) is 0.863. The van der Waals surface area contributed by atoms with Crippen LogP contribution in [0.1, 0.15) is 16.1 Å². The van der Waals surface area contributed by atoms with Crippen molar-refractivity contribution in [1.29, 1.82) is 0 Å². The third kappa shape index (κ3) is 3.35. The van der Waals surface area contributed by atoms with Crippen molar-refractivity contribution < 1.29 is 13.9 Å². The first kappa shape index (κ1) is 13.2. The molecule has 2 rings (SSSR count). The van der Waals surface area contributed by atoms with Crippen molar-refractivity contribution in [3.05, 3.63) is 47.9 Å². The number of ether oxygens (including phenoxy) is 1. The van der Waals surface area contributed by atoms with E-state index in [0.29, 0.717) is 35.9 Å². The molecule has 0 atom stereocenters. The van der Waals surface area contributed by atoms with Gasteiger partial charge in [-0.15, -0.1) is 0 Å². The number of carbonyl (C=O) groups excluding carboxylic acids is 1. The average molecular weight is 260 g/mol. The fourth-order valence-corrected chi connectivity index (χ4v) is 1.66. The maximum Gasteiger partial charge on any atom is 0.259 e. The Morgan fingerprint density at radius 2 is 2.26 bits per heavy atom. The van der Waals surface area contributed by atoms with Gasteiger partial charge < -0.3 is 20.2 Å². The molecule has 19 heavy (non-hydrogen) atoms. The molecular weight excluding hydrogens is 244 g/mol. The fraction of sp³-hybridized carbons (Fsp3) is 0.214. The minimum Gasteiger partial charge on any atom is -0.492 e. The van der Waals surface area contributed by atoms with Gasteiger partial charge in [0.2, 0.25) is 0 Å². The third-order valence-electron chi connectivity index (χ3n) is 2.58. The van der Waals surface area contributed by atoms with Gasteiger partial charge in [0.05, 0.1) is 11.8 Å².